The van der Waals surface area contributed by atoms with Gasteiger partial charge in [-0.3, -0.25) is 0 Å². The maximum atomic E-state index is 10.0. The van der Waals surface area contributed by atoms with Gasteiger partial charge in [-0.05, 0) is 20.3 Å². The smallest absolute Gasteiger partial charge is 0.224 e. The molecule has 9 nitrogen and oxygen atoms in total. The molecule has 1 fully saturated rings. The maximum Gasteiger partial charge on any atom is 0.224 e. The molecular weight excluding hydrogens is 322 g/mol. The molecule has 0 amide bonds. The van der Waals surface area contributed by atoms with Crippen LogP contribution in [0.25, 0.3) is 0 Å². The highest BCUT2D eigenvalue weighted by atomic mass is 16.5. The fourth-order valence-corrected chi connectivity index (χ4v) is 3.36. The number of aryl methyl sites for hydroxylation is 2. The summed E-state index contributed by atoms with van der Waals surface area (Å²) >= 11 is 0. The molecule has 1 saturated heterocycles. The molecule has 9 heteroatoms. The molecule has 0 bridgehead atoms. The van der Waals surface area contributed by atoms with Crippen molar-refractivity contribution in [2.75, 3.05) is 30.0 Å². The zero-order valence-electron chi connectivity index (χ0n) is 14.5. The number of anilines is 2. The summed E-state index contributed by atoms with van der Waals surface area (Å²) in [5.74, 6) is 3.33. The lowest BCUT2D eigenvalue weighted by Gasteiger charge is -2.31. The van der Waals surface area contributed by atoms with E-state index in [1.54, 1.807) is 0 Å². The zero-order chi connectivity index (χ0) is 17.4. The summed E-state index contributed by atoms with van der Waals surface area (Å²) in [6.45, 7) is 7.34. The van der Waals surface area contributed by atoms with Crippen LogP contribution in [0.1, 0.15) is 23.6 Å². The topological polar surface area (TPSA) is 101 Å². The predicted octanol–water partition coefficient (Wildman–Crippen LogP) is 0.267. The first-order valence-electron chi connectivity index (χ1n) is 8.61. The van der Waals surface area contributed by atoms with Crippen LogP contribution in [0, 0.1) is 13.8 Å². The van der Waals surface area contributed by atoms with Gasteiger partial charge in [0.1, 0.15) is 11.6 Å². The number of nitrogens with zero attached hydrogens (tertiary/aromatic N) is 6. The van der Waals surface area contributed by atoms with Crippen molar-refractivity contribution < 1.29 is 9.84 Å². The summed E-state index contributed by atoms with van der Waals surface area (Å²) in [6, 6.07) is -0.0867. The third-order valence-corrected chi connectivity index (χ3v) is 4.82. The van der Waals surface area contributed by atoms with Gasteiger partial charge in [0.25, 0.3) is 0 Å². The van der Waals surface area contributed by atoms with E-state index in [0.29, 0.717) is 25.7 Å². The quantitative estimate of drug-likeness (QED) is 0.817. The molecule has 4 rings (SSSR count). The van der Waals surface area contributed by atoms with Crippen molar-refractivity contribution in [3.05, 3.63) is 23.4 Å². The number of aromatic nitrogens is 5. The molecule has 0 saturated carbocycles. The van der Waals surface area contributed by atoms with E-state index in [1.807, 2.05) is 20.0 Å². The lowest BCUT2D eigenvalue weighted by Crippen LogP contribution is -2.42. The Morgan fingerprint density at radius 2 is 2.16 bits per heavy atom. The van der Waals surface area contributed by atoms with Crippen LogP contribution in [0.2, 0.25) is 0 Å². The molecule has 0 aliphatic carbocycles. The summed E-state index contributed by atoms with van der Waals surface area (Å²) in [5, 5.41) is 21.7. The lowest BCUT2D eigenvalue weighted by atomic mass is 10.1. The number of hydrogen-bond donors (Lipinski definition) is 2. The summed E-state index contributed by atoms with van der Waals surface area (Å²) in [7, 11) is 0. The second kappa shape index (κ2) is 6.57. The molecule has 4 heterocycles. The minimum absolute atomic E-state index is 0.0867. The van der Waals surface area contributed by atoms with Crippen LogP contribution >= 0.6 is 0 Å². The van der Waals surface area contributed by atoms with Crippen LogP contribution < -0.4 is 10.2 Å². The normalized spacial score (nSPS) is 23.4. The Labute approximate surface area is 146 Å². The molecule has 1 unspecified atom stereocenters. The summed E-state index contributed by atoms with van der Waals surface area (Å²) in [4.78, 5) is 11.3. The zero-order valence-corrected chi connectivity index (χ0v) is 14.5. The average molecular weight is 345 g/mol. The minimum Gasteiger partial charge on any atom is -0.389 e. The molecule has 0 radical (unpaired) electrons. The van der Waals surface area contributed by atoms with E-state index < -0.39 is 6.10 Å². The molecule has 2 aromatic heterocycles. The molecule has 2 aromatic rings. The van der Waals surface area contributed by atoms with Crippen molar-refractivity contribution in [1.82, 2.24) is 24.7 Å². The Balaban J connectivity index is 1.54. The first-order chi connectivity index (χ1) is 12.1. The number of aliphatic hydroxyl groups is 1. The van der Waals surface area contributed by atoms with E-state index in [2.05, 4.69) is 30.0 Å². The van der Waals surface area contributed by atoms with Gasteiger partial charge in [0.2, 0.25) is 5.95 Å². The molecule has 134 valence electrons. The van der Waals surface area contributed by atoms with Gasteiger partial charge in [-0.1, -0.05) is 0 Å². The number of nitrogens with one attached hydrogen (secondary N) is 1. The van der Waals surface area contributed by atoms with Crippen molar-refractivity contribution in [2.24, 2.45) is 0 Å². The van der Waals surface area contributed by atoms with E-state index in [1.165, 1.54) is 0 Å². The summed E-state index contributed by atoms with van der Waals surface area (Å²) in [5.41, 5.74) is 1.02. The van der Waals surface area contributed by atoms with E-state index in [0.717, 1.165) is 42.5 Å². The third-order valence-electron chi connectivity index (χ3n) is 4.82. The van der Waals surface area contributed by atoms with Crippen LogP contribution in [0.15, 0.2) is 6.20 Å². The van der Waals surface area contributed by atoms with Crippen molar-refractivity contribution in [3.63, 3.8) is 0 Å². The summed E-state index contributed by atoms with van der Waals surface area (Å²) < 4.78 is 7.41. The Hall–Kier alpha value is -2.26. The van der Waals surface area contributed by atoms with Gasteiger partial charge in [0, 0.05) is 31.5 Å². The van der Waals surface area contributed by atoms with Gasteiger partial charge in [-0.25, -0.2) is 4.98 Å². The van der Waals surface area contributed by atoms with Gasteiger partial charge in [0.05, 0.1) is 25.3 Å². The van der Waals surface area contributed by atoms with Crippen molar-refractivity contribution in [3.8, 4) is 0 Å². The van der Waals surface area contributed by atoms with E-state index >= 15 is 0 Å². The number of rotatable bonds is 3. The highest BCUT2D eigenvalue weighted by Crippen LogP contribution is 2.24. The van der Waals surface area contributed by atoms with Gasteiger partial charge in [-0.2, -0.15) is 4.98 Å². The van der Waals surface area contributed by atoms with E-state index in [9.17, 15) is 5.11 Å². The lowest BCUT2D eigenvalue weighted by molar-refractivity contribution is -0.0136. The van der Waals surface area contributed by atoms with Crippen LogP contribution in [0.3, 0.4) is 0 Å². The van der Waals surface area contributed by atoms with Gasteiger partial charge in [0.15, 0.2) is 5.82 Å². The Morgan fingerprint density at radius 3 is 3.00 bits per heavy atom. The first kappa shape index (κ1) is 16.2. The largest absolute Gasteiger partial charge is 0.389 e. The molecule has 2 aliphatic rings. The van der Waals surface area contributed by atoms with Crippen molar-refractivity contribution in [1.29, 1.82) is 0 Å². The monoisotopic (exact) mass is 345 g/mol. The maximum absolute atomic E-state index is 10.0. The van der Waals surface area contributed by atoms with Crippen LogP contribution in [-0.4, -0.2) is 61.7 Å². The fraction of sp³-hybridized carbons (Fsp3) is 0.625. The van der Waals surface area contributed by atoms with Crippen LogP contribution in [0.4, 0.5) is 11.8 Å². The van der Waals surface area contributed by atoms with E-state index in [4.69, 9.17) is 9.72 Å². The SMILES string of the molecule is Cc1cnc(NC2CCOC[C@H]2O)nc1N1CCn2c(C)nnc2C1. The van der Waals surface area contributed by atoms with E-state index in [-0.39, 0.29) is 6.04 Å². The average Bonchev–Trinajstić information content (AvgIpc) is 2.99. The standard InChI is InChI=1S/C16H23N7O2/c1-10-7-17-16(18-12-3-6-25-9-13(12)24)19-15(10)22-4-5-23-11(2)20-21-14(23)8-22/h7,12-13,24H,3-6,8-9H2,1-2H3,(H,17,18,19)/t12?,13-/m1/s1. The number of aliphatic hydroxyl groups excluding tert-OH is 1. The molecule has 0 spiro atoms. The van der Waals surface area contributed by atoms with Gasteiger partial charge >= 0.3 is 0 Å². The highest BCUT2D eigenvalue weighted by Gasteiger charge is 2.26. The molecule has 0 aromatic carbocycles. The molecule has 2 aliphatic heterocycles. The van der Waals surface area contributed by atoms with Gasteiger partial charge in [-0.15, -0.1) is 10.2 Å². The minimum atomic E-state index is -0.543. The third kappa shape index (κ3) is 3.16. The second-order valence-electron chi connectivity index (χ2n) is 6.62. The molecule has 2 N–H and O–H groups in total. The van der Waals surface area contributed by atoms with Crippen LogP contribution in [-0.2, 0) is 17.8 Å². The van der Waals surface area contributed by atoms with Crippen molar-refractivity contribution >= 4 is 11.8 Å². The van der Waals surface area contributed by atoms with Crippen molar-refractivity contribution in [2.45, 2.75) is 45.5 Å². The number of ether oxygens (including phenoxy) is 1. The Morgan fingerprint density at radius 1 is 1.28 bits per heavy atom. The van der Waals surface area contributed by atoms with Gasteiger partial charge < -0.3 is 24.6 Å². The summed E-state index contributed by atoms with van der Waals surface area (Å²) in [6.07, 6.45) is 2.01. The predicted molar refractivity (Wildman–Crippen MR) is 91.4 cm³/mol. The van der Waals surface area contributed by atoms with Crippen LogP contribution in [0.5, 0.6) is 0 Å². The number of fused-ring (bicyclic) bond motifs is 1. The molecule has 25 heavy (non-hydrogen) atoms. The second-order valence-corrected chi connectivity index (χ2v) is 6.62. The molecular formula is C16H23N7O2. The Bertz CT molecular complexity index is 763. The first-order valence-corrected chi connectivity index (χ1v) is 8.61. The highest BCUT2D eigenvalue weighted by molar-refractivity contribution is 5.49. The Kier molecular flexibility index (Phi) is 4.26. The number of hydrogen-bond acceptors (Lipinski definition) is 8. The molecule has 2 atom stereocenters. The fourth-order valence-electron chi connectivity index (χ4n) is 3.36.